The molecule has 0 spiro atoms. The van der Waals surface area contributed by atoms with E-state index in [1.807, 2.05) is 47.4 Å². The lowest BCUT2D eigenvalue weighted by Crippen LogP contribution is -2.51. The summed E-state index contributed by atoms with van der Waals surface area (Å²) in [6, 6.07) is 13.7. The van der Waals surface area contributed by atoms with Gasteiger partial charge in [0.15, 0.2) is 11.5 Å². The first kappa shape index (κ1) is 20.8. The number of hydrogen-bond acceptors (Lipinski definition) is 5. The lowest BCUT2D eigenvalue weighted by atomic mass is 10.1. The molecule has 1 saturated heterocycles. The Morgan fingerprint density at radius 1 is 0.897 bits per heavy atom. The molecule has 3 rings (SSSR count). The minimum Gasteiger partial charge on any atom is -0.496 e. The Morgan fingerprint density at radius 3 is 2.28 bits per heavy atom. The van der Waals surface area contributed by atoms with Gasteiger partial charge in [-0.05, 0) is 23.8 Å². The Morgan fingerprint density at radius 2 is 1.59 bits per heavy atom. The highest BCUT2D eigenvalue weighted by Crippen LogP contribution is 2.28. The fourth-order valence-corrected chi connectivity index (χ4v) is 3.48. The monoisotopic (exact) mass is 399 g/mol. The van der Waals surface area contributed by atoms with Gasteiger partial charge in [0, 0.05) is 44.8 Å². The molecule has 0 unspecified atom stereocenters. The van der Waals surface area contributed by atoms with Crippen LogP contribution in [-0.2, 0) is 13.1 Å². The SMILES string of the molecule is COc1ccccc1CNC(=O)N1CCN(Cc2ccc(OC)c(OC)c2)CC1. The standard InChI is InChI=1S/C22H29N3O4/c1-27-19-7-5-4-6-18(19)15-23-22(26)25-12-10-24(11-13-25)16-17-8-9-20(28-2)21(14-17)29-3/h4-9,14H,10-13,15-16H2,1-3H3,(H,23,26). The molecule has 1 N–H and O–H groups in total. The number of nitrogens with one attached hydrogen (secondary N) is 1. The van der Waals surface area contributed by atoms with E-state index in [-0.39, 0.29) is 6.03 Å². The van der Waals surface area contributed by atoms with Crippen molar-refractivity contribution in [3.8, 4) is 17.2 Å². The van der Waals surface area contributed by atoms with Crippen LogP contribution in [0.2, 0.25) is 0 Å². The van der Waals surface area contributed by atoms with Crippen LogP contribution in [0.5, 0.6) is 17.2 Å². The first-order chi connectivity index (χ1) is 14.1. The maximum absolute atomic E-state index is 12.5. The largest absolute Gasteiger partial charge is 0.496 e. The van der Waals surface area contributed by atoms with Crippen molar-refractivity contribution in [2.75, 3.05) is 47.5 Å². The second-order valence-corrected chi connectivity index (χ2v) is 6.92. The molecule has 0 aromatic heterocycles. The molecular formula is C22H29N3O4. The van der Waals surface area contributed by atoms with E-state index in [4.69, 9.17) is 14.2 Å². The van der Waals surface area contributed by atoms with E-state index in [9.17, 15) is 4.79 Å². The summed E-state index contributed by atoms with van der Waals surface area (Å²) < 4.78 is 16.0. The number of para-hydroxylation sites is 1. The molecule has 2 aromatic carbocycles. The lowest BCUT2D eigenvalue weighted by molar-refractivity contribution is 0.135. The van der Waals surface area contributed by atoms with E-state index in [0.717, 1.165) is 48.0 Å². The molecule has 7 heteroatoms. The second kappa shape index (κ2) is 10.0. The van der Waals surface area contributed by atoms with Crippen molar-refractivity contribution in [1.29, 1.82) is 0 Å². The van der Waals surface area contributed by atoms with Crippen LogP contribution in [0.4, 0.5) is 4.79 Å². The number of urea groups is 1. The molecule has 0 bridgehead atoms. The number of methoxy groups -OCH3 is 3. The van der Waals surface area contributed by atoms with Crippen LogP contribution in [0.25, 0.3) is 0 Å². The summed E-state index contributed by atoms with van der Waals surface area (Å²) in [7, 11) is 4.91. The Balaban J connectivity index is 1.48. The fraction of sp³-hybridized carbons (Fsp3) is 0.409. The van der Waals surface area contributed by atoms with Gasteiger partial charge >= 0.3 is 6.03 Å². The maximum Gasteiger partial charge on any atom is 0.317 e. The van der Waals surface area contributed by atoms with E-state index in [2.05, 4.69) is 10.2 Å². The van der Waals surface area contributed by atoms with Crippen molar-refractivity contribution in [1.82, 2.24) is 15.1 Å². The molecule has 0 radical (unpaired) electrons. The van der Waals surface area contributed by atoms with Crippen LogP contribution in [-0.4, -0.2) is 63.3 Å². The quantitative estimate of drug-likeness (QED) is 0.776. The van der Waals surface area contributed by atoms with E-state index >= 15 is 0 Å². The zero-order valence-electron chi connectivity index (χ0n) is 17.3. The lowest BCUT2D eigenvalue weighted by Gasteiger charge is -2.34. The van der Waals surface area contributed by atoms with E-state index in [1.54, 1.807) is 21.3 Å². The van der Waals surface area contributed by atoms with E-state index in [0.29, 0.717) is 19.6 Å². The number of hydrogen-bond donors (Lipinski definition) is 1. The van der Waals surface area contributed by atoms with E-state index < -0.39 is 0 Å². The van der Waals surface area contributed by atoms with Crippen LogP contribution in [0, 0.1) is 0 Å². The fourth-order valence-electron chi connectivity index (χ4n) is 3.48. The molecule has 2 aromatic rings. The summed E-state index contributed by atoms with van der Waals surface area (Å²) in [5, 5.41) is 2.99. The normalized spacial score (nSPS) is 14.4. The summed E-state index contributed by atoms with van der Waals surface area (Å²) in [6.45, 7) is 4.33. The van der Waals surface area contributed by atoms with Crippen molar-refractivity contribution >= 4 is 6.03 Å². The number of benzene rings is 2. The summed E-state index contributed by atoms with van der Waals surface area (Å²) >= 11 is 0. The molecule has 0 saturated carbocycles. The molecule has 1 aliphatic rings. The van der Waals surface area contributed by atoms with Gasteiger partial charge in [0.25, 0.3) is 0 Å². The molecule has 1 aliphatic heterocycles. The maximum atomic E-state index is 12.5. The molecule has 0 atom stereocenters. The van der Waals surface area contributed by atoms with Gasteiger partial charge in [-0.3, -0.25) is 4.90 Å². The average Bonchev–Trinajstić information content (AvgIpc) is 2.78. The average molecular weight is 399 g/mol. The van der Waals surface area contributed by atoms with Gasteiger partial charge < -0.3 is 24.4 Å². The zero-order chi connectivity index (χ0) is 20.6. The molecule has 2 amide bonds. The van der Waals surface area contributed by atoms with Crippen molar-refractivity contribution < 1.29 is 19.0 Å². The van der Waals surface area contributed by atoms with Crippen LogP contribution in [0.15, 0.2) is 42.5 Å². The highest BCUT2D eigenvalue weighted by Gasteiger charge is 2.21. The molecule has 7 nitrogen and oxygen atoms in total. The van der Waals surface area contributed by atoms with Gasteiger partial charge in [-0.25, -0.2) is 4.79 Å². The Kier molecular flexibility index (Phi) is 7.19. The number of ether oxygens (including phenoxy) is 3. The van der Waals surface area contributed by atoms with Crippen LogP contribution in [0.1, 0.15) is 11.1 Å². The van der Waals surface area contributed by atoms with Gasteiger partial charge in [-0.15, -0.1) is 0 Å². The molecule has 0 aliphatic carbocycles. The third-order valence-electron chi connectivity index (χ3n) is 5.14. The molecule has 29 heavy (non-hydrogen) atoms. The third kappa shape index (κ3) is 5.32. The first-order valence-corrected chi connectivity index (χ1v) is 9.72. The molecular weight excluding hydrogens is 370 g/mol. The summed E-state index contributed by atoms with van der Waals surface area (Å²) in [6.07, 6.45) is 0. The Hall–Kier alpha value is -2.93. The second-order valence-electron chi connectivity index (χ2n) is 6.92. The van der Waals surface area contributed by atoms with Gasteiger partial charge in [0.05, 0.1) is 21.3 Å². The van der Waals surface area contributed by atoms with Crippen LogP contribution < -0.4 is 19.5 Å². The van der Waals surface area contributed by atoms with Crippen LogP contribution in [0.3, 0.4) is 0 Å². The molecule has 156 valence electrons. The summed E-state index contributed by atoms with van der Waals surface area (Å²) in [5.41, 5.74) is 2.13. The molecule has 1 heterocycles. The van der Waals surface area contributed by atoms with Gasteiger partial charge in [0.2, 0.25) is 0 Å². The minimum absolute atomic E-state index is 0.0401. The number of amides is 2. The highest BCUT2D eigenvalue weighted by molar-refractivity contribution is 5.74. The van der Waals surface area contributed by atoms with Gasteiger partial charge in [0.1, 0.15) is 5.75 Å². The predicted molar refractivity (Wildman–Crippen MR) is 112 cm³/mol. The van der Waals surface area contributed by atoms with Gasteiger partial charge in [-0.2, -0.15) is 0 Å². The van der Waals surface area contributed by atoms with Crippen molar-refractivity contribution in [3.63, 3.8) is 0 Å². The smallest absolute Gasteiger partial charge is 0.317 e. The van der Waals surface area contributed by atoms with Crippen molar-refractivity contribution in [2.45, 2.75) is 13.1 Å². The number of piperazine rings is 1. The van der Waals surface area contributed by atoms with E-state index in [1.165, 1.54) is 0 Å². The number of carbonyl (C=O) groups excluding carboxylic acids is 1. The number of carbonyl (C=O) groups is 1. The zero-order valence-corrected chi connectivity index (χ0v) is 17.3. The third-order valence-corrected chi connectivity index (χ3v) is 5.14. The topological polar surface area (TPSA) is 63.3 Å². The number of nitrogens with zero attached hydrogens (tertiary/aromatic N) is 2. The number of rotatable bonds is 7. The van der Waals surface area contributed by atoms with Crippen molar-refractivity contribution in [3.05, 3.63) is 53.6 Å². The summed E-state index contributed by atoms with van der Waals surface area (Å²) in [4.78, 5) is 16.7. The van der Waals surface area contributed by atoms with Gasteiger partial charge in [-0.1, -0.05) is 24.3 Å². The van der Waals surface area contributed by atoms with Crippen molar-refractivity contribution in [2.24, 2.45) is 0 Å². The predicted octanol–water partition coefficient (Wildman–Crippen LogP) is 2.74. The highest BCUT2D eigenvalue weighted by atomic mass is 16.5. The molecule has 1 fully saturated rings. The van der Waals surface area contributed by atoms with Crippen LogP contribution >= 0.6 is 0 Å². The minimum atomic E-state index is -0.0401. The first-order valence-electron chi connectivity index (χ1n) is 9.72. The Bertz CT molecular complexity index is 819. The summed E-state index contributed by atoms with van der Waals surface area (Å²) in [5.74, 6) is 2.25. The Labute approximate surface area is 172 Å².